The van der Waals surface area contributed by atoms with Crippen molar-refractivity contribution >= 4 is 27.5 Å². The molecule has 2 aromatic rings. The van der Waals surface area contributed by atoms with Crippen LogP contribution in [-0.4, -0.2) is 0 Å². The molecule has 0 radical (unpaired) electrons. The highest BCUT2D eigenvalue weighted by atomic mass is 79.9. The van der Waals surface area contributed by atoms with E-state index in [1.807, 2.05) is 0 Å². The van der Waals surface area contributed by atoms with E-state index in [1.54, 1.807) is 0 Å². The van der Waals surface area contributed by atoms with Gasteiger partial charge in [0.25, 0.3) is 0 Å². The molecule has 2 aromatic carbocycles. The van der Waals surface area contributed by atoms with Crippen LogP contribution in [0.3, 0.4) is 0 Å². The highest BCUT2D eigenvalue weighted by molar-refractivity contribution is 9.10. The van der Waals surface area contributed by atoms with Gasteiger partial charge in [0.05, 0.1) is 5.38 Å². The van der Waals surface area contributed by atoms with Gasteiger partial charge in [-0.3, -0.25) is 0 Å². The monoisotopic (exact) mass is 352 g/mol. The molecule has 0 nitrogen and oxygen atoms in total. The zero-order valence-corrected chi connectivity index (χ0v) is 11.6. The molecule has 0 saturated carbocycles. The Morgan fingerprint density at radius 3 is 2.16 bits per heavy atom. The van der Waals surface area contributed by atoms with Crippen molar-refractivity contribution in [2.45, 2.75) is 5.38 Å². The molecule has 1 unspecified atom stereocenters. The average molecular weight is 354 g/mol. The number of hydrogen-bond donors (Lipinski definition) is 0. The second kappa shape index (κ2) is 5.51. The molecule has 0 aliphatic heterocycles. The number of halogens is 6. The molecule has 0 aliphatic rings. The predicted molar refractivity (Wildman–Crippen MR) is 68.1 cm³/mol. The average Bonchev–Trinajstić information content (AvgIpc) is 2.36. The predicted octanol–water partition coefficient (Wildman–Crippen LogP) is 5.33. The molecule has 0 aliphatic carbocycles. The molecule has 0 N–H and O–H groups in total. The molecular formula is C13H6BrClF4. The van der Waals surface area contributed by atoms with E-state index in [-0.39, 0.29) is 11.1 Å². The lowest BCUT2D eigenvalue weighted by Gasteiger charge is -2.13. The first-order valence-corrected chi connectivity index (χ1v) is 6.36. The van der Waals surface area contributed by atoms with Gasteiger partial charge in [-0.2, -0.15) is 0 Å². The van der Waals surface area contributed by atoms with Crippen LogP contribution in [0.1, 0.15) is 16.5 Å². The van der Waals surface area contributed by atoms with Crippen LogP contribution in [0.2, 0.25) is 0 Å². The summed E-state index contributed by atoms with van der Waals surface area (Å²) < 4.78 is 53.2. The van der Waals surface area contributed by atoms with Gasteiger partial charge in [-0.15, -0.1) is 11.6 Å². The molecule has 0 spiro atoms. The summed E-state index contributed by atoms with van der Waals surface area (Å²) in [6.45, 7) is 0. The summed E-state index contributed by atoms with van der Waals surface area (Å²) >= 11 is 9.16. The Morgan fingerprint density at radius 1 is 0.842 bits per heavy atom. The van der Waals surface area contributed by atoms with Crippen molar-refractivity contribution in [3.63, 3.8) is 0 Å². The van der Waals surface area contributed by atoms with Gasteiger partial charge in [0, 0.05) is 16.1 Å². The number of rotatable bonds is 2. The van der Waals surface area contributed by atoms with Crippen molar-refractivity contribution < 1.29 is 17.6 Å². The molecule has 2 rings (SSSR count). The maximum Gasteiger partial charge on any atom is 0.161 e. The van der Waals surface area contributed by atoms with Crippen LogP contribution < -0.4 is 0 Å². The van der Waals surface area contributed by atoms with Gasteiger partial charge in [0.15, 0.2) is 11.6 Å². The molecule has 0 fully saturated rings. The summed E-state index contributed by atoms with van der Waals surface area (Å²) in [5.41, 5.74) is -0.0292. The Kier molecular flexibility index (Phi) is 4.16. The van der Waals surface area contributed by atoms with Gasteiger partial charge in [-0.1, -0.05) is 15.9 Å². The standard InChI is InChI=1S/C13H6BrClF4/c14-9-2-1-6(16)3-7(9)13(15)8-4-11(18)12(19)5-10(8)17/h1-5,13H. The molecule has 19 heavy (non-hydrogen) atoms. The molecule has 0 bridgehead atoms. The van der Waals surface area contributed by atoms with Crippen LogP contribution in [0.15, 0.2) is 34.8 Å². The first-order valence-electron chi connectivity index (χ1n) is 5.13. The highest BCUT2D eigenvalue weighted by Crippen LogP contribution is 2.36. The minimum Gasteiger partial charge on any atom is -0.207 e. The van der Waals surface area contributed by atoms with E-state index >= 15 is 0 Å². The Morgan fingerprint density at radius 2 is 1.47 bits per heavy atom. The fraction of sp³-hybridized carbons (Fsp3) is 0.0769. The van der Waals surface area contributed by atoms with Gasteiger partial charge in [-0.25, -0.2) is 17.6 Å². The minimum atomic E-state index is -1.30. The molecular weight excluding hydrogens is 347 g/mol. The van der Waals surface area contributed by atoms with Crippen molar-refractivity contribution in [1.29, 1.82) is 0 Å². The molecule has 6 heteroatoms. The minimum absolute atomic E-state index is 0.228. The van der Waals surface area contributed by atoms with Gasteiger partial charge in [0.1, 0.15) is 11.6 Å². The summed E-state index contributed by atoms with van der Waals surface area (Å²) in [6.07, 6.45) is 0. The third-order valence-corrected chi connectivity index (χ3v) is 3.74. The largest absolute Gasteiger partial charge is 0.207 e. The maximum atomic E-state index is 13.6. The van der Waals surface area contributed by atoms with Crippen LogP contribution in [0.4, 0.5) is 17.6 Å². The van der Waals surface area contributed by atoms with Crippen molar-refractivity contribution in [3.05, 3.63) is 69.2 Å². The summed E-state index contributed by atoms with van der Waals surface area (Å²) in [6, 6.07) is 4.77. The van der Waals surface area contributed by atoms with Crippen molar-refractivity contribution in [2.75, 3.05) is 0 Å². The fourth-order valence-electron chi connectivity index (χ4n) is 1.61. The van der Waals surface area contributed by atoms with Crippen LogP contribution in [0.5, 0.6) is 0 Å². The number of benzene rings is 2. The molecule has 0 saturated heterocycles. The number of alkyl halides is 1. The quantitative estimate of drug-likeness (QED) is 0.389. The second-order valence-electron chi connectivity index (χ2n) is 3.82. The van der Waals surface area contributed by atoms with E-state index < -0.39 is 28.6 Å². The Bertz CT molecular complexity index is 630. The van der Waals surface area contributed by atoms with Gasteiger partial charge >= 0.3 is 0 Å². The zero-order valence-electron chi connectivity index (χ0n) is 9.23. The summed E-state index contributed by atoms with van der Waals surface area (Å²) in [7, 11) is 0. The van der Waals surface area contributed by atoms with E-state index in [4.69, 9.17) is 11.6 Å². The summed E-state index contributed by atoms with van der Waals surface area (Å²) in [5, 5.41) is -1.14. The zero-order chi connectivity index (χ0) is 14.2. The molecule has 100 valence electrons. The Hall–Kier alpha value is -1.07. The van der Waals surface area contributed by atoms with Crippen molar-refractivity contribution in [1.82, 2.24) is 0 Å². The first kappa shape index (κ1) is 14.3. The lowest BCUT2D eigenvalue weighted by atomic mass is 10.0. The lowest BCUT2D eigenvalue weighted by Crippen LogP contribution is -2.01. The van der Waals surface area contributed by atoms with Crippen LogP contribution in [0, 0.1) is 23.3 Å². The lowest BCUT2D eigenvalue weighted by molar-refractivity contribution is 0.490. The highest BCUT2D eigenvalue weighted by Gasteiger charge is 2.21. The molecule has 0 aromatic heterocycles. The smallest absolute Gasteiger partial charge is 0.161 e. The van der Waals surface area contributed by atoms with E-state index in [0.29, 0.717) is 16.6 Å². The van der Waals surface area contributed by atoms with Crippen LogP contribution in [-0.2, 0) is 0 Å². The van der Waals surface area contributed by atoms with Crippen molar-refractivity contribution in [2.24, 2.45) is 0 Å². The third kappa shape index (κ3) is 2.92. The Labute approximate surface area is 120 Å². The fourth-order valence-corrected chi connectivity index (χ4v) is 2.56. The number of hydrogen-bond acceptors (Lipinski definition) is 0. The van der Waals surface area contributed by atoms with Gasteiger partial charge < -0.3 is 0 Å². The van der Waals surface area contributed by atoms with Gasteiger partial charge in [0.2, 0.25) is 0 Å². The first-order chi connectivity index (χ1) is 8.90. The van der Waals surface area contributed by atoms with E-state index in [0.717, 1.165) is 6.07 Å². The topological polar surface area (TPSA) is 0 Å². The van der Waals surface area contributed by atoms with E-state index in [1.165, 1.54) is 12.1 Å². The van der Waals surface area contributed by atoms with Gasteiger partial charge in [-0.05, 0) is 29.8 Å². The summed E-state index contributed by atoms with van der Waals surface area (Å²) in [4.78, 5) is 0. The molecule has 0 amide bonds. The Balaban J connectivity index is 2.52. The SMILES string of the molecule is Fc1ccc(Br)c(C(Cl)c2cc(F)c(F)cc2F)c1. The van der Waals surface area contributed by atoms with Crippen LogP contribution in [0.25, 0.3) is 0 Å². The maximum absolute atomic E-state index is 13.6. The van der Waals surface area contributed by atoms with E-state index in [2.05, 4.69) is 15.9 Å². The van der Waals surface area contributed by atoms with E-state index in [9.17, 15) is 17.6 Å². The van der Waals surface area contributed by atoms with Crippen molar-refractivity contribution in [3.8, 4) is 0 Å². The second-order valence-corrected chi connectivity index (χ2v) is 5.11. The third-order valence-electron chi connectivity index (χ3n) is 2.54. The normalized spacial score (nSPS) is 12.5. The molecule has 0 heterocycles. The van der Waals surface area contributed by atoms with Crippen LogP contribution >= 0.6 is 27.5 Å². The summed E-state index contributed by atoms with van der Waals surface area (Å²) in [5.74, 6) is -4.07. The molecule has 1 atom stereocenters.